The van der Waals surface area contributed by atoms with Gasteiger partial charge in [-0.25, -0.2) is 9.37 Å². The van der Waals surface area contributed by atoms with E-state index in [4.69, 9.17) is 4.98 Å². The minimum absolute atomic E-state index is 0.0109. The molecular formula is C31H33FN4O. The predicted octanol–water partition coefficient (Wildman–Crippen LogP) is 7.00. The molecule has 1 atom stereocenters. The van der Waals surface area contributed by atoms with E-state index >= 15 is 0 Å². The second-order valence-corrected chi connectivity index (χ2v) is 11.5. The molecule has 2 N–H and O–H groups in total. The van der Waals surface area contributed by atoms with E-state index < -0.39 is 0 Å². The zero-order valence-electron chi connectivity index (χ0n) is 21.1. The van der Waals surface area contributed by atoms with E-state index in [2.05, 4.69) is 21.4 Å². The van der Waals surface area contributed by atoms with Crippen LogP contribution in [0, 0.1) is 17.7 Å². The molecule has 2 aromatic heterocycles. The number of fused-ring (bicyclic) bond motifs is 2. The molecular weight excluding hydrogens is 463 g/mol. The highest BCUT2D eigenvalue weighted by molar-refractivity contribution is 5.97. The number of H-pyrrole nitrogens is 1. The summed E-state index contributed by atoms with van der Waals surface area (Å²) in [6.07, 6.45) is 12.3. The number of imidazole rings is 1. The van der Waals surface area contributed by atoms with Gasteiger partial charge in [0.05, 0.1) is 16.6 Å². The first kappa shape index (κ1) is 22.9. The Morgan fingerprint density at radius 3 is 2.43 bits per heavy atom. The van der Waals surface area contributed by atoms with Gasteiger partial charge in [0.1, 0.15) is 11.6 Å². The van der Waals surface area contributed by atoms with Gasteiger partial charge in [0.2, 0.25) is 0 Å². The molecule has 2 heterocycles. The molecule has 3 fully saturated rings. The maximum atomic E-state index is 14.0. The minimum Gasteiger partial charge on any atom is -0.349 e. The van der Waals surface area contributed by atoms with Crippen LogP contribution < -0.4 is 5.32 Å². The Hall–Kier alpha value is -3.28. The minimum atomic E-state index is -0.196. The average molecular weight is 497 g/mol. The molecule has 0 spiro atoms. The van der Waals surface area contributed by atoms with E-state index in [0.717, 1.165) is 66.3 Å². The van der Waals surface area contributed by atoms with Crippen LogP contribution in [-0.2, 0) is 0 Å². The average Bonchev–Trinajstić information content (AvgIpc) is 3.63. The van der Waals surface area contributed by atoms with Gasteiger partial charge in [-0.3, -0.25) is 9.78 Å². The smallest absolute Gasteiger partial charge is 0.251 e. The standard InChI is InChI=1S/C31H33FN4O/c32-22-11-13-26-25(17-22)24(14-15-33-26)18-4-6-19(7-5-18)29(20-8-9-20)30-35-27-12-10-21(16-28(27)36-30)31(37)34-23-2-1-3-23/h10-20,23,29H,1-9H2,(H,34,37)(H,35,36)/t18-,19+,29?. The largest absolute Gasteiger partial charge is 0.349 e. The normalized spacial score (nSPS) is 23.2. The summed E-state index contributed by atoms with van der Waals surface area (Å²) in [7, 11) is 0. The fourth-order valence-corrected chi connectivity index (χ4v) is 6.72. The van der Waals surface area contributed by atoms with Gasteiger partial charge >= 0.3 is 0 Å². The Morgan fingerprint density at radius 2 is 1.70 bits per heavy atom. The highest BCUT2D eigenvalue weighted by Gasteiger charge is 2.41. The van der Waals surface area contributed by atoms with Crippen molar-refractivity contribution in [2.75, 3.05) is 0 Å². The van der Waals surface area contributed by atoms with Crippen LogP contribution in [0.5, 0.6) is 0 Å². The van der Waals surface area contributed by atoms with Crippen LogP contribution in [0.2, 0.25) is 0 Å². The van der Waals surface area contributed by atoms with Crippen molar-refractivity contribution in [2.45, 2.75) is 75.7 Å². The fraction of sp³-hybridized carbons (Fsp3) is 0.452. The molecule has 3 aliphatic carbocycles. The van der Waals surface area contributed by atoms with Crippen molar-refractivity contribution in [1.82, 2.24) is 20.3 Å². The number of aromatic nitrogens is 3. The van der Waals surface area contributed by atoms with Crippen molar-refractivity contribution in [2.24, 2.45) is 11.8 Å². The van der Waals surface area contributed by atoms with Gasteiger partial charge in [-0.2, -0.15) is 0 Å². The maximum Gasteiger partial charge on any atom is 0.251 e. The number of carbonyl (C=O) groups is 1. The summed E-state index contributed by atoms with van der Waals surface area (Å²) in [6.45, 7) is 0. The Balaban J connectivity index is 1.10. The van der Waals surface area contributed by atoms with Crippen LogP contribution in [-0.4, -0.2) is 26.9 Å². The first-order valence-electron chi connectivity index (χ1n) is 14.0. The highest BCUT2D eigenvalue weighted by atomic mass is 19.1. The van der Waals surface area contributed by atoms with Crippen LogP contribution in [0.25, 0.3) is 21.9 Å². The van der Waals surface area contributed by atoms with Crippen LogP contribution in [0.3, 0.4) is 0 Å². The van der Waals surface area contributed by atoms with Gasteiger partial charge in [-0.05, 0) is 124 Å². The predicted molar refractivity (Wildman–Crippen MR) is 143 cm³/mol. The van der Waals surface area contributed by atoms with Crippen LogP contribution in [0.1, 0.15) is 91.4 Å². The molecule has 4 aromatic rings. The van der Waals surface area contributed by atoms with E-state index in [9.17, 15) is 9.18 Å². The number of pyridine rings is 1. The number of rotatable bonds is 6. The number of aromatic amines is 1. The summed E-state index contributed by atoms with van der Waals surface area (Å²) >= 11 is 0. The lowest BCUT2D eigenvalue weighted by atomic mass is 9.72. The molecule has 3 aliphatic rings. The van der Waals surface area contributed by atoms with Crippen molar-refractivity contribution in [3.05, 3.63) is 71.4 Å². The van der Waals surface area contributed by atoms with Crippen molar-refractivity contribution in [1.29, 1.82) is 0 Å². The lowest BCUT2D eigenvalue weighted by Gasteiger charge is -2.34. The molecule has 5 nitrogen and oxygen atoms in total. The first-order chi connectivity index (χ1) is 18.1. The van der Waals surface area contributed by atoms with Gasteiger partial charge in [-0.1, -0.05) is 0 Å². The van der Waals surface area contributed by atoms with E-state index in [0.29, 0.717) is 35.3 Å². The van der Waals surface area contributed by atoms with Gasteiger partial charge in [0.15, 0.2) is 0 Å². The lowest BCUT2D eigenvalue weighted by molar-refractivity contribution is 0.0917. The van der Waals surface area contributed by atoms with Crippen molar-refractivity contribution in [3.8, 4) is 0 Å². The molecule has 190 valence electrons. The van der Waals surface area contributed by atoms with Crippen molar-refractivity contribution >= 4 is 27.8 Å². The summed E-state index contributed by atoms with van der Waals surface area (Å²) in [5.74, 6) is 3.07. The van der Waals surface area contributed by atoms with E-state index in [1.807, 2.05) is 24.4 Å². The molecule has 6 heteroatoms. The monoisotopic (exact) mass is 496 g/mol. The number of hydrogen-bond acceptors (Lipinski definition) is 3. The van der Waals surface area contributed by atoms with Gasteiger partial charge in [0, 0.05) is 29.1 Å². The Bertz CT molecular complexity index is 1460. The number of halogens is 1. The second kappa shape index (κ2) is 9.23. The third kappa shape index (κ3) is 4.41. The molecule has 0 bridgehead atoms. The molecule has 2 aromatic carbocycles. The van der Waals surface area contributed by atoms with Crippen molar-refractivity contribution in [3.63, 3.8) is 0 Å². The SMILES string of the molecule is O=C(NC1CCC1)c1ccc2[nH]c(C(C3CC3)[C@H]3CC[C@@H](c4ccnc5ccc(F)cc54)CC3)nc2c1. The third-order valence-electron chi connectivity index (χ3n) is 9.11. The fourth-order valence-electron chi connectivity index (χ4n) is 6.72. The summed E-state index contributed by atoms with van der Waals surface area (Å²) < 4.78 is 14.0. The molecule has 1 amide bonds. The number of amides is 1. The second-order valence-electron chi connectivity index (χ2n) is 11.5. The number of nitrogens with one attached hydrogen (secondary N) is 2. The molecule has 7 rings (SSSR count). The number of carbonyl (C=O) groups excluding carboxylic acids is 1. The van der Waals surface area contributed by atoms with Crippen LogP contribution >= 0.6 is 0 Å². The van der Waals surface area contributed by atoms with Gasteiger partial charge in [0.25, 0.3) is 5.91 Å². The Kier molecular flexibility index (Phi) is 5.71. The molecule has 0 radical (unpaired) electrons. The van der Waals surface area contributed by atoms with E-state index in [1.54, 1.807) is 12.1 Å². The molecule has 1 unspecified atom stereocenters. The summed E-state index contributed by atoms with van der Waals surface area (Å²) in [5, 5.41) is 4.09. The number of hydrogen-bond donors (Lipinski definition) is 2. The third-order valence-corrected chi connectivity index (χ3v) is 9.11. The van der Waals surface area contributed by atoms with E-state index in [1.165, 1.54) is 30.9 Å². The van der Waals surface area contributed by atoms with E-state index in [-0.39, 0.29) is 11.7 Å². The van der Waals surface area contributed by atoms with Gasteiger partial charge in [-0.15, -0.1) is 0 Å². The molecule has 37 heavy (non-hydrogen) atoms. The van der Waals surface area contributed by atoms with Crippen molar-refractivity contribution < 1.29 is 9.18 Å². The van der Waals surface area contributed by atoms with Crippen LogP contribution in [0.15, 0.2) is 48.7 Å². The molecule has 0 saturated heterocycles. The van der Waals surface area contributed by atoms with Gasteiger partial charge < -0.3 is 10.3 Å². The Morgan fingerprint density at radius 1 is 0.919 bits per heavy atom. The Labute approximate surface area is 216 Å². The zero-order chi connectivity index (χ0) is 24.9. The topological polar surface area (TPSA) is 70.7 Å². The van der Waals surface area contributed by atoms with Crippen LogP contribution in [0.4, 0.5) is 4.39 Å². The molecule has 3 saturated carbocycles. The summed E-state index contributed by atoms with van der Waals surface area (Å²) in [6, 6.07) is 13.2. The lowest BCUT2D eigenvalue weighted by Crippen LogP contribution is -2.39. The quantitative estimate of drug-likeness (QED) is 0.302. The first-order valence-corrected chi connectivity index (χ1v) is 14.0. The molecule has 0 aliphatic heterocycles. The summed E-state index contributed by atoms with van der Waals surface area (Å²) in [5.41, 5.74) is 4.71. The maximum absolute atomic E-state index is 14.0. The highest BCUT2D eigenvalue weighted by Crippen LogP contribution is 2.52. The number of benzene rings is 2. The zero-order valence-corrected chi connectivity index (χ0v) is 21.1. The number of nitrogens with zero attached hydrogens (tertiary/aromatic N) is 2. The summed E-state index contributed by atoms with van der Waals surface area (Å²) in [4.78, 5) is 25.8.